The molecule has 1 rings (SSSR count). The number of carbonyl (C=O) groups excluding carboxylic acids is 1. The molecule has 18 heavy (non-hydrogen) atoms. The normalized spacial score (nSPS) is 17.9. The van der Waals surface area contributed by atoms with Crippen LogP contribution < -0.4 is 5.32 Å². The average molecular weight is 254 g/mol. The topological polar surface area (TPSA) is 32.3 Å². The molecule has 1 aliphatic rings. The van der Waals surface area contributed by atoms with Gasteiger partial charge in [0.15, 0.2) is 0 Å². The number of hydrogen-bond acceptors (Lipinski definition) is 2. The largest absolute Gasteiger partial charge is 0.342 e. The summed E-state index contributed by atoms with van der Waals surface area (Å²) in [6, 6.07) is 0. The first-order valence-electron chi connectivity index (χ1n) is 7.42. The standard InChI is InChI=1S/C15H30N2O/c1-13(2)15(3,4)12-16-11-14(18)17-9-7-5-6-8-10-17/h13,16H,5-12H2,1-4H3. The van der Waals surface area contributed by atoms with Gasteiger partial charge < -0.3 is 10.2 Å². The van der Waals surface area contributed by atoms with E-state index in [1.54, 1.807) is 0 Å². The van der Waals surface area contributed by atoms with Gasteiger partial charge in [-0.3, -0.25) is 4.79 Å². The van der Waals surface area contributed by atoms with Gasteiger partial charge in [0.1, 0.15) is 0 Å². The lowest BCUT2D eigenvalue weighted by Crippen LogP contribution is -2.42. The van der Waals surface area contributed by atoms with Crippen LogP contribution in [0.15, 0.2) is 0 Å². The molecule has 0 saturated carbocycles. The smallest absolute Gasteiger partial charge is 0.236 e. The van der Waals surface area contributed by atoms with Gasteiger partial charge in [-0.05, 0) is 24.2 Å². The minimum atomic E-state index is 0.249. The second-order valence-electron chi connectivity index (χ2n) is 6.54. The Bertz CT molecular complexity index is 253. The van der Waals surface area contributed by atoms with Crippen LogP contribution in [0.5, 0.6) is 0 Å². The van der Waals surface area contributed by atoms with E-state index < -0.39 is 0 Å². The van der Waals surface area contributed by atoms with Gasteiger partial charge in [0, 0.05) is 19.6 Å². The molecule has 1 fully saturated rings. The Kier molecular flexibility index (Phi) is 6.13. The molecule has 0 radical (unpaired) electrons. The summed E-state index contributed by atoms with van der Waals surface area (Å²) in [6.45, 7) is 12.3. The molecule has 3 nitrogen and oxygen atoms in total. The highest BCUT2D eigenvalue weighted by molar-refractivity contribution is 5.78. The molecule has 0 aromatic carbocycles. The second kappa shape index (κ2) is 7.13. The first-order chi connectivity index (χ1) is 8.43. The number of nitrogens with zero attached hydrogens (tertiary/aromatic N) is 1. The van der Waals surface area contributed by atoms with Gasteiger partial charge in [-0.2, -0.15) is 0 Å². The zero-order valence-electron chi connectivity index (χ0n) is 12.6. The molecule has 0 atom stereocenters. The summed E-state index contributed by atoms with van der Waals surface area (Å²) in [6.07, 6.45) is 4.89. The van der Waals surface area contributed by atoms with Crippen LogP contribution in [-0.4, -0.2) is 37.0 Å². The number of rotatable bonds is 5. The van der Waals surface area contributed by atoms with Gasteiger partial charge in [-0.25, -0.2) is 0 Å². The molecule has 0 aliphatic carbocycles. The van der Waals surface area contributed by atoms with Crippen molar-refractivity contribution in [2.45, 2.75) is 53.4 Å². The fraction of sp³-hybridized carbons (Fsp3) is 0.933. The molecule has 106 valence electrons. The van der Waals surface area contributed by atoms with E-state index in [1.165, 1.54) is 25.7 Å². The molecule has 0 bridgehead atoms. The Morgan fingerprint density at radius 1 is 1.17 bits per heavy atom. The van der Waals surface area contributed by atoms with Gasteiger partial charge in [0.05, 0.1) is 6.54 Å². The minimum absolute atomic E-state index is 0.249. The summed E-state index contributed by atoms with van der Waals surface area (Å²) in [5.41, 5.74) is 0.249. The maximum absolute atomic E-state index is 12.1. The van der Waals surface area contributed by atoms with Crippen molar-refractivity contribution in [3.8, 4) is 0 Å². The Balaban J connectivity index is 2.28. The van der Waals surface area contributed by atoms with E-state index in [4.69, 9.17) is 0 Å². The van der Waals surface area contributed by atoms with Crippen molar-refractivity contribution in [1.82, 2.24) is 10.2 Å². The van der Waals surface area contributed by atoms with E-state index in [0.717, 1.165) is 19.6 Å². The SMILES string of the molecule is CC(C)C(C)(C)CNCC(=O)N1CCCCCC1. The van der Waals surface area contributed by atoms with Crippen molar-refractivity contribution in [2.24, 2.45) is 11.3 Å². The van der Waals surface area contributed by atoms with Gasteiger partial charge in [0.25, 0.3) is 0 Å². The van der Waals surface area contributed by atoms with Crippen molar-refractivity contribution in [3.63, 3.8) is 0 Å². The van der Waals surface area contributed by atoms with Crippen molar-refractivity contribution in [1.29, 1.82) is 0 Å². The van der Waals surface area contributed by atoms with E-state index in [-0.39, 0.29) is 11.3 Å². The van der Waals surface area contributed by atoms with Gasteiger partial charge >= 0.3 is 0 Å². The average Bonchev–Trinajstić information content (AvgIpc) is 2.56. The van der Waals surface area contributed by atoms with Crippen molar-refractivity contribution >= 4 is 5.91 Å². The molecule has 1 aliphatic heterocycles. The van der Waals surface area contributed by atoms with Crippen LogP contribution in [0.25, 0.3) is 0 Å². The third-order valence-corrected chi connectivity index (χ3v) is 4.38. The summed E-state index contributed by atoms with van der Waals surface area (Å²) in [5, 5.41) is 3.33. The van der Waals surface area contributed by atoms with Crippen LogP contribution in [0.3, 0.4) is 0 Å². The predicted molar refractivity (Wildman–Crippen MR) is 76.5 cm³/mol. The molecule has 0 aromatic heterocycles. The first-order valence-corrected chi connectivity index (χ1v) is 7.42. The maximum atomic E-state index is 12.1. The lowest BCUT2D eigenvalue weighted by molar-refractivity contribution is -0.130. The fourth-order valence-corrected chi connectivity index (χ4v) is 2.13. The molecule has 3 heteroatoms. The summed E-state index contributed by atoms with van der Waals surface area (Å²) in [5.74, 6) is 0.898. The van der Waals surface area contributed by atoms with Crippen LogP contribution in [0, 0.1) is 11.3 Å². The van der Waals surface area contributed by atoms with E-state index >= 15 is 0 Å². The molecular weight excluding hydrogens is 224 g/mol. The van der Waals surface area contributed by atoms with E-state index in [0.29, 0.717) is 12.5 Å². The van der Waals surface area contributed by atoms with Crippen molar-refractivity contribution in [3.05, 3.63) is 0 Å². The van der Waals surface area contributed by atoms with Crippen LogP contribution >= 0.6 is 0 Å². The molecule has 0 unspecified atom stereocenters. The Morgan fingerprint density at radius 3 is 2.22 bits per heavy atom. The molecule has 1 amide bonds. The van der Waals surface area contributed by atoms with Gasteiger partial charge in [-0.1, -0.05) is 40.5 Å². The Labute approximate surface area is 112 Å². The highest BCUT2D eigenvalue weighted by atomic mass is 16.2. The molecule has 0 aromatic rings. The fourth-order valence-electron chi connectivity index (χ4n) is 2.13. The third-order valence-electron chi connectivity index (χ3n) is 4.38. The first kappa shape index (κ1) is 15.5. The summed E-state index contributed by atoms with van der Waals surface area (Å²) in [4.78, 5) is 14.1. The van der Waals surface area contributed by atoms with Gasteiger partial charge in [0.2, 0.25) is 5.91 Å². The lowest BCUT2D eigenvalue weighted by atomic mass is 9.81. The minimum Gasteiger partial charge on any atom is -0.342 e. The van der Waals surface area contributed by atoms with Gasteiger partial charge in [-0.15, -0.1) is 0 Å². The molecule has 0 spiro atoms. The van der Waals surface area contributed by atoms with Crippen molar-refractivity contribution in [2.75, 3.05) is 26.2 Å². The van der Waals surface area contributed by atoms with Crippen LogP contribution in [0.1, 0.15) is 53.4 Å². The highest BCUT2D eigenvalue weighted by Crippen LogP contribution is 2.24. The Morgan fingerprint density at radius 2 is 1.72 bits per heavy atom. The maximum Gasteiger partial charge on any atom is 0.236 e. The van der Waals surface area contributed by atoms with Crippen LogP contribution in [0.2, 0.25) is 0 Å². The highest BCUT2D eigenvalue weighted by Gasteiger charge is 2.22. The van der Waals surface area contributed by atoms with E-state index in [9.17, 15) is 4.79 Å². The quantitative estimate of drug-likeness (QED) is 0.818. The third kappa shape index (κ3) is 4.97. The zero-order chi connectivity index (χ0) is 13.6. The summed E-state index contributed by atoms with van der Waals surface area (Å²) >= 11 is 0. The van der Waals surface area contributed by atoms with Crippen LogP contribution in [-0.2, 0) is 4.79 Å². The summed E-state index contributed by atoms with van der Waals surface area (Å²) in [7, 11) is 0. The molecular formula is C15H30N2O. The molecule has 1 heterocycles. The van der Waals surface area contributed by atoms with E-state index in [2.05, 4.69) is 33.0 Å². The van der Waals surface area contributed by atoms with Crippen LogP contribution in [0.4, 0.5) is 0 Å². The zero-order valence-corrected chi connectivity index (χ0v) is 12.6. The second-order valence-corrected chi connectivity index (χ2v) is 6.54. The Hall–Kier alpha value is -0.570. The van der Waals surface area contributed by atoms with E-state index in [1.807, 2.05) is 4.90 Å². The monoisotopic (exact) mass is 254 g/mol. The number of hydrogen-bond donors (Lipinski definition) is 1. The number of likely N-dealkylation sites (tertiary alicyclic amines) is 1. The number of nitrogens with one attached hydrogen (secondary N) is 1. The molecule has 1 saturated heterocycles. The summed E-state index contributed by atoms with van der Waals surface area (Å²) < 4.78 is 0. The lowest BCUT2D eigenvalue weighted by Gasteiger charge is -2.30. The number of amides is 1. The van der Waals surface area contributed by atoms with Crippen molar-refractivity contribution < 1.29 is 4.79 Å². The predicted octanol–water partition coefficient (Wildman–Crippen LogP) is 2.66. The number of carbonyl (C=O) groups is 1. The molecule has 1 N–H and O–H groups in total.